The van der Waals surface area contributed by atoms with E-state index in [4.69, 9.17) is 28.9 Å². The highest BCUT2D eigenvalue weighted by molar-refractivity contribution is 6.42. The Kier molecular flexibility index (Phi) is 5.02. The highest BCUT2D eigenvalue weighted by Gasteiger charge is 2.13. The first kappa shape index (κ1) is 15.3. The van der Waals surface area contributed by atoms with Gasteiger partial charge in [0.05, 0.1) is 10.0 Å². The number of hydrogen-bond donors (Lipinski definition) is 1. The summed E-state index contributed by atoms with van der Waals surface area (Å²) in [5, 5.41) is 5.33. The van der Waals surface area contributed by atoms with Gasteiger partial charge in [-0.05, 0) is 38.0 Å². The summed E-state index contributed by atoms with van der Waals surface area (Å²) in [4.78, 5) is 4.28. The Morgan fingerprint density at radius 1 is 1.20 bits per heavy atom. The topological polar surface area (TPSA) is 56.7 Å². The lowest BCUT2D eigenvalue weighted by atomic mass is 10.0. The summed E-state index contributed by atoms with van der Waals surface area (Å²) in [6.45, 7) is 4.14. The molecule has 1 aromatic carbocycles. The van der Waals surface area contributed by atoms with Crippen LogP contribution in [-0.2, 0) is 12.8 Å². The second-order valence-corrected chi connectivity index (χ2v) is 5.95. The first-order valence-corrected chi connectivity index (χ1v) is 7.31. The summed E-state index contributed by atoms with van der Waals surface area (Å²) < 4.78 is 1.90. The molecule has 0 aliphatic carbocycles. The van der Waals surface area contributed by atoms with Gasteiger partial charge >= 0.3 is 0 Å². The van der Waals surface area contributed by atoms with Crippen LogP contribution in [0.2, 0.25) is 10.0 Å². The van der Waals surface area contributed by atoms with Crippen molar-refractivity contribution in [3.8, 4) is 0 Å². The van der Waals surface area contributed by atoms with Gasteiger partial charge in [0.1, 0.15) is 12.2 Å². The zero-order valence-electron chi connectivity index (χ0n) is 11.6. The van der Waals surface area contributed by atoms with E-state index in [0.29, 0.717) is 16.5 Å². The first-order valence-electron chi connectivity index (χ1n) is 6.55. The predicted octanol–water partition coefficient (Wildman–Crippen LogP) is 3.28. The van der Waals surface area contributed by atoms with Crippen molar-refractivity contribution in [2.24, 2.45) is 5.73 Å². The summed E-state index contributed by atoms with van der Waals surface area (Å²) in [6, 6.07) is 5.85. The van der Waals surface area contributed by atoms with Crippen LogP contribution < -0.4 is 5.73 Å². The maximum absolute atomic E-state index is 6.20. The Labute approximate surface area is 128 Å². The Morgan fingerprint density at radius 2 is 1.95 bits per heavy atom. The van der Waals surface area contributed by atoms with Crippen LogP contribution in [0.25, 0.3) is 0 Å². The Balaban J connectivity index is 2.03. The van der Waals surface area contributed by atoms with E-state index in [-0.39, 0.29) is 12.1 Å². The van der Waals surface area contributed by atoms with E-state index in [1.54, 1.807) is 12.4 Å². The molecule has 0 aliphatic rings. The van der Waals surface area contributed by atoms with Gasteiger partial charge in [0.25, 0.3) is 0 Å². The molecule has 0 amide bonds. The van der Waals surface area contributed by atoms with Crippen molar-refractivity contribution in [3.63, 3.8) is 0 Å². The molecule has 6 heteroatoms. The minimum atomic E-state index is -0.0334. The number of nitrogens with two attached hydrogens (primary N) is 1. The summed E-state index contributed by atoms with van der Waals surface area (Å²) in [5.74, 6) is 0.910. The monoisotopic (exact) mass is 312 g/mol. The molecule has 2 N–H and O–H groups in total. The molecule has 20 heavy (non-hydrogen) atoms. The Morgan fingerprint density at radius 3 is 2.60 bits per heavy atom. The van der Waals surface area contributed by atoms with Gasteiger partial charge in [-0.25, -0.2) is 9.67 Å². The number of nitrogens with zero attached hydrogens (tertiary/aromatic N) is 3. The highest BCUT2D eigenvalue weighted by atomic mass is 35.5. The Bertz CT molecular complexity index is 580. The zero-order chi connectivity index (χ0) is 14.7. The smallest absolute Gasteiger partial charge is 0.138 e. The van der Waals surface area contributed by atoms with Gasteiger partial charge in [-0.3, -0.25) is 0 Å². The number of halogens is 2. The van der Waals surface area contributed by atoms with Crippen LogP contribution in [0.15, 0.2) is 24.5 Å². The van der Waals surface area contributed by atoms with E-state index in [0.717, 1.165) is 17.8 Å². The van der Waals surface area contributed by atoms with Crippen LogP contribution in [0.5, 0.6) is 0 Å². The quantitative estimate of drug-likeness (QED) is 0.921. The largest absolute Gasteiger partial charge is 0.327 e. The molecule has 1 aromatic heterocycles. The molecule has 0 bridgehead atoms. The van der Waals surface area contributed by atoms with Crippen LogP contribution in [0, 0.1) is 0 Å². The summed E-state index contributed by atoms with van der Waals surface area (Å²) in [7, 11) is 0. The van der Waals surface area contributed by atoms with Crippen molar-refractivity contribution < 1.29 is 0 Å². The van der Waals surface area contributed by atoms with Crippen molar-refractivity contribution >= 4 is 23.2 Å². The van der Waals surface area contributed by atoms with Gasteiger partial charge in [-0.1, -0.05) is 29.3 Å². The van der Waals surface area contributed by atoms with Crippen molar-refractivity contribution in [2.45, 2.75) is 38.8 Å². The second-order valence-electron chi connectivity index (χ2n) is 5.13. The van der Waals surface area contributed by atoms with Gasteiger partial charge in [-0.2, -0.15) is 5.10 Å². The fraction of sp³-hybridized carbons (Fsp3) is 0.429. The maximum Gasteiger partial charge on any atom is 0.138 e. The van der Waals surface area contributed by atoms with Crippen molar-refractivity contribution in [1.29, 1.82) is 0 Å². The number of hydrogen-bond acceptors (Lipinski definition) is 3. The van der Waals surface area contributed by atoms with Crippen LogP contribution in [-0.4, -0.2) is 20.8 Å². The van der Waals surface area contributed by atoms with E-state index in [9.17, 15) is 0 Å². The van der Waals surface area contributed by atoms with Crippen LogP contribution in [0.1, 0.15) is 31.3 Å². The molecule has 1 heterocycles. The third kappa shape index (κ3) is 3.72. The molecule has 0 aliphatic heterocycles. The predicted molar refractivity (Wildman–Crippen MR) is 82.3 cm³/mol. The van der Waals surface area contributed by atoms with Gasteiger partial charge in [0.2, 0.25) is 0 Å². The standard InChI is InChI=1S/C14H18Cl2N4/c1-9(2)20-14(18-8-19-20)7-11(17)5-10-3-4-12(15)13(16)6-10/h3-4,6,8-9,11H,5,7,17H2,1-2H3. The minimum Gasteiger partial charge on any atom is -0.327 e. The first-order chi connectivity index (χ1) is 9.47. The van der Waals surface area contributed by atoms with E-state index in [1.807, 2.05) is 16.8 Å². The third-order valence-corrected chi connectivity index (χ3v) is 3.80. The van der Waals surface area contributed by atoms with Gasteiger partial charge in [0.15, 0.2) is 0 Å². The fourth-order valence-electron chi connectivity index (χ4n) is 2.13. The van der Waals surface area contributed by atoms with E-state index < -0.39 is 0 Å². The third-order valence-electron chi connectivity index (χ3n) is 3.06. The van der Waals surface area contributed by atoms with Gasteiger partial charge in [0, 0.05) is 18.5 Å². The lowest BCUT2D eigenvalue weighted by Crippen LogP contribution is -2.27. The van der Waals surface area contributed by atoms with Crippen molar-refractivity contribution in [1.82, 2.24) is 14.8 Å². The van der Waals surface area contributed by atoms with Crippen LogP contribution in [0.4, 0.5) is 0 Å². The number of rotatable bonds is 5. The summed E-state index contributed by atoms with van der Waals surface area (Å²) in [6.07, 6.45) is 2.97. The molecule has 108 valence electrons. The minimum absolute atomic E-state index is 0.0334. The highest BCUT2D eigenvalue weighted by Crippen LogP contribution is 2.23. The molecule has 2 aromatic rings. The Hall–Kier alpha value is -1.10. The normalized spacial score (nSPS) is 12.9. The maximum atomic E-state index is 6.20. The summed E-state index contributed by atoms with van der Waals surface area (Å²) >= 11 is 11.9. The van der Waals surface area contributed by atoms with E-state index in [1.165, 1.54) is 0 Å². The number of benzene rings is 1. The molecule has 0 radical (unpaired) electrons. The lowest BCUT2D eigenvalue weighted by Gasteiger charge is -2.14. The molecule has 1 unspecified atom stereocenters. The van der Waals surface area contributed by atoms with Gasteiger partial charge < -0.3 is 5.73 Å². The average Bonchev–Trinajstić information content (AvgIpc) is 2.82. The summed E-state index contributed by atoms with van der Waals surface area (Å²) in [5.41, 5.74) is 7.27. The van der Waals surface area contributed by atoms with E-state index >= 15 is 0 Å². The molecule has 2 rings (SSSR count). The molecule has 4 nitrogen and oxygen atoms in total. The molecule has 0 saturated carbocycles. The van der Waals surface area contributed by atoms with Crippen LogP contribution >= 0.6 is 23.2 Å². The lowest BCUT2D eigenvalue weighted by molar-refractivity contribution is 0.489. The molecular formula is C14H18Cl2N4. The average molecular weight is 313 g/mol. The van der Waals surface area contributed by atoms with Gasteiger partial charge in [-0.15, -0.1) is 0 Å². The number of aromatic nitrogens is 3. The van der Waals surface area contributed by atoms with Crippen molar-refractivity contribution in [2.75, 3.05) is 0 Å². The van der Waals surface area contributed by atoms with Crippen LogP contribution in [0.3, 0.4) is 0 Å². The fourth-order valence-corrected chi connectivity index (χ4v) is 2.45. The molecule has 0 saturated heterocycles. The molecule has 0 spiro atoms. The second kappa shape index (κ2) is 6.57. The van der Waals surface area contributed by atoms with Crippen molar-refractivity contribution in [3.05, 3.63) is 46.0 Å². The molecule has 0 fully saturated rings. The van der Waals surface area contributed by atoms with E-state index in [2.05, 4.69) is 23.9 Å². The SMILES string of the molecule is CC(C)n1ncnc1CC(N)Cc1ccc(Cl)c(Cl)c1. The molecule has 1 atom stereocenters. The zero-order valence-corrected chi connectivity index (χ0v) is 13.1. The molecular weight excluding hydrogens is 295 g/mol.